The number of carbonyl (C=O) groups is 1. The number of aryl methyl sites for hydroxylation is 2. The van der Waals surface area contributed by atoms with Gasteiger partial charge >= 0.3 is 6.09 Å². The van der Waals surface area contributed by atoms with Crippen LogP contribution in [0.15, 0.2) is 12.7 Å². The molecule has 0 saturated carbocycles. The quantitative estimate of drug-likeness (QED) is 0.780. The number of amides is 1. The van der Waals surface area contributed by atoms with E-state index in [2.05, 4.69) is 21.9 Å². The van der Waals surface area contributed by atoms with Gasteiger partial charge in [-0.25, -0.2) is 9.78 Å². The van der Waals surface area contributed by atoms with Gasteiger partial charge in [0.25, 0.3) is 0 Å². The number of imidazole rings is 1. The van der Waals surface area contributed by atoms with Crippen molar-refractivity contribution in [2.24, 2.45) is 0 Å². The van der Waals surface area contributed by atoms with Crippen LogP contribution in [0.3, 0.4) is 0 Å². The van der Waals surface area contributed by atoms with Crippen molar-refractivity contribution < 1.29 is 9.53 Å². The van der Waals surface area contributed by atoms with E-state index in [1.807, 2.05) is 0 Å². The number of H-pyrrole nitrogens is 1. The number of nitrogens with one attached hydrogen (secondary N) is 2. The maximum Gasteiger partial charge on any atom is 0.407 e. The predicted molar refractivity (Wildman–Crippen MR) is 63.6 cm³/mol. The molecule has 1 aliphatic carbocycles. The molecule has 0 radical (unpaired) electrons. The van der Waals surface area contributed by atoms with Gasteiger partial charge in [0.1, 0.15) is 12.4 Å². The van der Waals surface area contributed by atoms with Crippen molar-refractivity contribution in [1.29, 1.82) is 0 Å². The van der Waals surface area contributed by atoms with Crippen molar-refractivity contribution in [1.82, 2.24) is 15.3 Å². The fourth-order valence-electron chi connectivity index (χ4n) is 1.94. The van der Waals surface area contributed by atoms with Crippen LogP contribution in [0.1, 0.15) is 30.1 Å². The Kier molecular flexibility index (Phi) is 3.80. The van der Waals surface area contributed by atoms with Crippen LogP contribution in [0.5, 0.6) is 0 Å². The number of hydrogen-bond acceptors (Lipinski definition) is 3. The lowest BCUT2D eigenvalue weighted by Crippen LogP contribution is -2.24. The van der Waals surface area contributed by atoms with Crippen LogP contribution >= 0.6 is 0 Å². The van der Waals surface area contributed by atoms with E-state index < -0.39 is 6.09 Å². The zero-order valence-corrected chi connectivity index (χ0v) is 9.79. The highest BCUT2D eigenvalue weighted by atomic mass is 16.5. The van der Waals surface area contributed by atoms with Crippen LogP contribution in [-0.4, -0.2) is 22.7 Å². The summed E-state index contributed by atoms with van der Waals surface area (Å²) in [6, 6.07) is 0. The molecule has 1 aliphatic rings. The van der Waals surface area contributed by atoms with E-state index in [-0.39, 0.29) is 6.61 Å². The third-order valence-corrected chi connectivity index (χ3v) is 2.74. The molecular formula is C12H17N3O2. The number of aromatic amines is 1. The van der Waals surface area contributed by atoms with Crippen molar-refractivity contribution in [3.63, 3.8) is 0 Å². The van der Waals surface area contributed by atoms with Crippen molar-refractivity contribution in [3.8, 4) is 0 Å². The molecule has 0 bridgehead atoms. The van der Waals surface area contributed by atoms with E-state index in [0.717, 1.165) is 24.4 Å². The normalized spacial score (nSPS) is 13.9. The number of aromatic nitrogens is 2. The first-order valence-electron chi connectivity index (χ1n) is 5.87. The smallest absolute Gasteiger partial charge is 0.407 e. The second-order valence-corrected chi connectivity index (χ2v) is 4.06. The van der Waals surface area contributed by atoms with Gasteiger partial charge in [-0.2, -0.15) is 0 Å². The molecule has 17 heavy (non-hydrogen) atoms. The Hall–Kier alpha value is -1.78. The van der Waals surface area contributed by atoms with E-state index in [9.17, 15) is 4.79 Å². The Morgan fingerprint density at radius 3 is 3.12 bits per heavy atom. The van der Waals surface area contributed by atoms with Gasteiger partial charge in [-0.15, -0.1) is 0 Å². The average molecular weight is 235 g/mol. The molecule has 1 aromatic heterocycles. The molecule has 2 rings (SSSR count). The number of rotatable bonds is 4. The number of carbonyl (C=O) groups excluding carboxylic acids is 1. The van der Waals surface area contributed by atoms with E-state index in [4.69, 9.17) is 4.74 Å². The molecule has 0 aromatic carbocycles. The molecule has 0 saturated heterocycles. The fourth-order valence-corrected chi connectivity index (χ4v) is 1.94. The molecule has 92 valence electrons. The molecule has 1 aromatic rings. The van der Waals surface area contributed by atoms with Gasteiger partial charge in [-0.1, -0.05) is 12.7 Å². The van der Waals surface area contributed by atoms with E-state index in [1.54, 1.807) is 0 Å². The minimum atomic E-state index is -0.445. The summed E-state index contributed by atoms with van der Waals surface area (Å²) in [7, 11) is 0. The zero-order chi connectivity index (χ0) is 12.1. The molecule has 5 heteroatoms. The largest absolute Gasteiger partial charge is 0.445 e. The second-order valence-electron chi connectivity index (χ2n) is 4.06. The van der Waals surface area contributed by atoms with E-state index >= 15 is 0 Å². The summed E-state index contributed by atoms with van der Waals surface area (Å²) in [5.74, 6) is 0.799. The van der Waals surface area contributed by atoms with Crippen molar-refractivity contribution >= 4 is 6.09 Å². The van der Waals surface area contributed by atoms with Crippen LogP contribution in [-0.2, 0) is 24.1 Å². The minimum Gasteiger partial charge on any atom is -0.445 e. The van der Waals surface area contributed by atoms with Gasteiger partial charge in [-0.05, 0) is 25.7 Å². The molecule has 0 aliphatic heterocycles. The number of ether oxygens (including phenoxy) is 1. The first kappa shape index (κ1) is 11.7. The lowest BCUT2D eigenvalue weighted by atomic mass is 10.0. The van der Waals surface area contributed by atoms with E-state index in [1.165, 1.54) is 24.6 Å². The molecule has 1 amide bonds. The summed E-state index contributed by atoms with van der Waals surface area (Å²) >= 11 is 0. The zero-order valence-electron chi connectivity index (χ0n) is 9.79. The first-order valence-corrected chi connectivity index (χ1v) is 5.87. The van der Waals surface area contributed by atoms with Gasteiger partial charge in [0.15, 0.2) is 0 Å². The maximum atomic E-state index is 11.2. The number of fused-ring (bicyclic) bond motifs is 1. The van der Waals surface area contributed by atoms with Gasteiger partial charge in [-0.3, -0.25) is 0 Å². The van der Waals surface area contributed by atoms with Crippen molar-refractivity contribution in [2.45, 2.75) is 32.2 Å². The fraction of sp³-hybridized carbons (Fsp3) is 0.500. The Balaban J connectivity index is 1.84. The van der Waals surface area contributed by atoms with Gasteiger partial charge in [0, 0.05) is 5.69 Å². The maximum absolute atomic E-state index is 11.2. The Labute approximate surface area is 100 Å². The van der Waals surface area contributed by atoms with Gasteiger partial charge < -0.3 is 15.0 Å². The molecule has 0 unspecified atom stereocenters. The predicted octanol–water partition coefficient (Wildman–Crippen LogP) is 1.70. The number of hydrogen-bond donors (Lipinski definition) is 2. The molecule has 0 fully saturated rings. The topological polar surface area (TPSA) is 67.0 Å². The molecule has 2 N–H and O–H groups in total. The van der Waals surface area contributed by atoms with Crippen LogP contribution in [0.25, 0.3) is 0 Å². The lowest BCUT2D eigenvalue weighted by molar-refractivity contribution is 0.157. The molecule has 0 atom stereocenters. The third kappa shape index (κ3) is 3.09. The van der Waals surface area contributed by atoms with Crippen LogP contribution in [0.2, 0.25) is 0 Å². The monoisotopic (exact) mass is 235 g/mol. The Morgan fingerprint density at radius 2 is 2.35 bits per heavy atom. The molecule has 1 heterocycles. The Bertz CT molecular complexity index is 388. The summed E-state index contributed by atoms with van der Waals surface area (Å²) in [6.07, 6.45) is 5.59. The number of nitrogens with zero attached hydrogens (tertiary/aromatic N) is 1. The summed E-state index contributed by atoms with van der Waals surface area (Å²) in [5, 5.41) is 2.64. The SMILES string of the molecule is C=CCOC(=O)NCc1nc2c([nH]1)CCCC2. The highest BCUT2D eigenvalue weighted by Gasteiger charge is 2.14. The number of alkyl carbamates (subject to hydrolysis) is 1. The standard InChI is InChI=1S/C12H17N3O2/c1-2-7-17-12(16)13-8-11-14-9-5-3-4-6-10(9)15-11/h2H,1,3-8H2,(H,13,16)(H,14,15). The van der Waals surface area contributed by atoms with Crippen LogP contribution in [0.4, 0.5) is 4.79 Å². The van der Waals surface area contributed by atoms with Crippen LogP contribution < -0.4 is 5.32 Å². The van der Waals surface area contributed by atoms with Crippen LogP contribution in [0, 0.1) is 0 Å². The second kappa shape index (κ2) is 5.52. The highest BCUT2D eigenvalue weighted by molar-refractivity contribution is 5.67. The van der Waals surface area contributed by atoms with Crippen molar-refractivity contribution in [3.05, 3.63) is 29.9 Å². The Morgan fingerprint density at radius 1 is 1.53 bits per heavy atom. The first-order chi connectivity index (χ1) is 8.29. The minimum absolute atomic E-state index is 0.223. The summed E-state index contributed by atoms with van der Waals surface area (Å²) in [6.45, 7) is 4.07. The summed E-state index contributed by atoms with van der Waals surface area (Å²) in [5.41, 5.74) is 2.36. The van der Waals surface area contributed by atoms with Crippen molar-refractivity contribution in [2.75, 3.05) is 6.61 Å². The summed E-state index contributed by atoms with van der Waals surface area (Å²) in [4.78, 5) is 18.9. The third-order valence-electron chi connectivity index (χ3n) is 2.74. The van der Waals surface area contributed by atoms with E-state index in [0.29, 0.717) is 6.54 Å². The highest BCUT2D eigenvalue weighted by Crippen LogP contribution is 2.18. The molecule has 5 nitrogen and oxygen atoms in total. The van der Waals surface area contributed by atoms with Gasteiger partial charge in [0.2, 0.25) is 0 Å². The molecular weight excluding hydrogens is 218 g/mol. The summed E-state index contributed by atoms with van der Waals surface area (Å²) < 4.78 is 4.81. The lowest BCUT2D eigenvalue weighted by Gasteiger charge is -2.07. The van der Waals surface area contributed by atoms with Gasteiger partial charge in [0.05, 0.1) is 12.2 Å². The average Bonchev–Trinajstić information content (AvgIpc) is 2.76. The molecule has 0 spiro atoms.